The van der Waals surface area contributed by atoms with E-state index in [-0.39, 0.29) is 30.5 Å². The van der Waals surface area contributed by atoms with E-state index >= 15 is 0 Å². The molecule has 2 unspecified atom stereocenters. The molecule has 0 spiro atoms. The Bertz CT molecular complexity index is 317. The molecule has 6 heteroatoms. The van der Waals surface area contributed by atoms with Gasteiger partial charge in [0.2, 0.25) is 5.91 Å². The maximum atomic E-state index is 12.2. The lowest BCUT2D eigenvalue weighted by molar-refractivity contribution is -0.127. The number of amides is 1. The third-order valence-corrected chi connectivity index (χ3v) is 4.91. The molecule has 2 fully saturated rings. The van der Waals surface area contributed by atoms with Crippen molar-refractivity contribution in [2.75, 3.05) is 39.8 Å². The lowest BCUT2D eigenvalue weighted by atomic mass is 9.93. The molecule has 2 aliphatic heterocycles. The van der Waals surface area contributed by atoms with Gasteiger partial charge in [-0.05, 0) is 71.6 Å². The topological polar surface area (TPSA) is 53.6 Å². The predicted molar refractivity (Wildman–Crippen MR) is 91.5 cm³/mol. The summed E-state index contributed by atoms with van der Waals surface area (Å²) in [5.74, 6) is 0.968. The average molecular weight is 334 g/mol. The zero-order valence-corrected chi connectivity index (χ0v) is 14.8. The largest absolute Gasteiger partial charge is 0.376 e. The van der Waals surface area contributed by atoms with Crippen LogP contribution >= 0.6 is 12.4 Å². The summed E-state index contributed by atoms with van der Waals surface area (Å²) >= 11 is 0. The number of rotatable bonds is 7. The number of hydrogen-bond acceptors (Lipinski definition) is 4. The first-order chi connectivity index (χ1) is 10.2. The lowest BCUT2D eigenvalue weighted by Crippen LogP contribution is -2.49. The van der Waals surface area contributed by atoms with Crippen molar-refractivity contribution < 1.29 is 9.53 Å². The highest BCUT2D eigenvalue weighted by molar-refractivity contribution is 5.85. The van der Waals surface area contributed by atoms with Crippen molar-refractivity contribution in [3.63, 3.8) is 0 Å². The Balaban J connectivity index is 0.00000242. The van der Waals surface area contributed by atoms with Crippen LogP contribution < -0.4 is 10.6 Å². The van der Waals surface area contributed by atoms with Gasteiger partial charge < -0.3 is 15.4 Å². The van der Waals surface area contributed by atoms with E-state index in [2.05, 4.69) is 15.5 Å². The zero-order chi connectivity index (χ0) is 15.1. The van der Waals surface area contributed by atoms with Gasteiger partial charge in [-0.3, -0.25) is 9.69 Å². The smallest absolute Gasteiger partial charge is 0.237 e. The summed E-state index contributed by atoms with van der Waals surface area (Å²) in [5.41, 5.74) is 0. The fourth-order valence-electron chi connectivity index (χ4n) is 3.31. The summed E-state index contributed by atoms with van der Waals surface area (Å²) in [4.78, 5) is 14.6. The molecule has 0 aromatic carbocycles. The Morgan fingerprint density at radius 3 is 2.64 bits per heavy atom. The van der Waals surface area contributed by atoms with Crippen molar-refractivity contribution >= 4 is 18.3 Å². The van der Waals surface area contributed by atoms with Crippen LogP contribution in [0.4, 0.5) is 0 Å². The van der Waals surface area contributed by atoms with Crippen LogP contribution in [0.15, 0.2) is 0 Å². The van der Waals surface area contributed by atoms with Crippen molar-refractivity contribution in [2.24, 2.45) is 5.92 Å². The third kappa shape index (κ3) is 6.03. The van der Waals surface area contributed by atoms with Gasteiger partial charge in [-0.2, -0.15) is 0 Å². The fourth-order valence-corrected chi connectivity index (χ4v) is 3.31. The highest BCUT2D eigenvalue weighted by atomic mass is 35.5. The number of hydrogen-bond donors (Lipinski definition) is 2. The van der Waals surface area contributed by atoms with Gasteiger partial charge in [-0.1, -0.05) is 0 Å². The molecule has 0 bridgehead atoms. The maximum absolute atomic E-state index is 12.2. The molecule has 1 amide bonds. The van der Waals surface area contributed by atoms with Gasteiger partial charge in [0.25, 0.3) is 0 Å². The summed E-state index contributed by atoms with van der Waals surface area (Å²) in [6.07, 6.45) is 6.11. The molecule has 0 aliphatic carbocycles. The number of nitrogens with one attached hydrogen (secondary N) is 2. The molecule has 130 valence electrons. The molecule has 22 heavy (non-hydrogen) atoms. The average Bonchev–Trinajstić information content (AvgIpc) is 3.04. The monoisotopic (exact) mass is 333 g/mol. The molecule has 2 saturated heterocycles. The molecule has 2 N–H and O–H groups in total. The summed E-state index contributed by atoms with van der Waals surface area (Å²) < 4.78 is 5.55. The zero-order valence-electron chi connectivity index (χ0n) is 14.0. The van der Waals surface area contributed by atoms with Gasteiger partial charge in [0.1, 0.15) is 0 Å². The second-order valence-electron chi connectivity index (χ2n) is 6.43. The Hall–Kier alpha value is -0.360. The summed E-state index contributed by atoms with van der Waals surface area (Å²) in [6, 6.07) is -0.0170. The number of carbonyl (C=O) groups is 1. The fraction of sp³-hybridized carbons (Fsp3) is 0.938. The second-order valence-corrected chi connectivity index (χ2v) is 6.43. The van der Waals surface area contributed by atoms with Crippen LogP contribution in [0.2, 0.25) is 0 Å². The van der Waals surface area contributed by atoms with Crippen molar-refractivity contribution in [3.8, 4) is 0 Å². The van der Waals surface area contributed by atoms with Gasteiger partial charge in [0, 0.05) is 13.2 Å². The van der Waals surface area contributed by atoms with Gasteiger partial charge in [0.15, 0.2) is 0 Å². The van der Waals surface area contributed by atoms with Gasteiger partial charge >= 0.3 is 0 Å². The van der Waals surface area contributed by atoms with E-state index < -0.39 is 0 Å². The second kappa shape index (κ2) is 10.4. The number of likely N-dealkylation sites (tertiary alicyclic amines) is 1. The van der Waals surface area contributed by atoms with Crippen molar-refractivity contribution in [1.29, 1.82) is 0 Å². The SMILES string of the molecule is CNCCC1CCN(C(C)C(=O)NCC2CCCO2)CC1.Cl. The molecule has 5 nitrogen and oxygen atoms in total. The van der Waals surface area contributed by atoms with Gasteiger partial charge in [0.05, 0.1) is 12.1 Å². The highest BCUT2D eigenvalue weighted by Crippen LogP contribution is 2.21. The number of carbonyl (C=O) groups excluding carboxylic acids is 1. The molecule has 0 radical (unpaired) electrons. The molecule has 2 aliphatic rings. The van der Waals surface area contributed by atoms with E-state index in [1.54, 1.807) is 0 Å². The lowest BCUT2D eigenvalue weighted by Gasteiger charge is -2.35. The predicted octanol–water partition coefficient (Wildman–Crippen LogP) is 1.41. The van der Waals surface area contributed by atoms with E-state index in [4.69, 9.17) is 4.74 Å². The summed E-state index contributed by atoms with van der Waals surface area (Å²) in [5, 5.41) is 6.27. The first-order valence-electron chi connectivity index (χ1n) is 8.48. The molecule has 2 atom stereocenters. The van der Waals surface area contributed by atoms with E-state index in [0.717, 1.165) is 45.0 Å². The van der Waals surface area contributed by atoms with Crippen LogP contribution in [-0.4, -0.2) is 62.8 Å². The molecule has 2 rings (SSSR count). The summed E-state index contributed by atoms with van der Waals surface area (Å²) in [7, 11) is 2.01. The van der Waals surface area contributed by atoms with Crippen LogP contribution in [0.5, 0.6) is 0 Å². The first-order valence-corrected chi connectivity index (χ1v) is 8.48. The van der Waals surface area contributed by atoms with Crippen LogP contribution in [0.3, 0.4) is 0 Å². The van der Waals surface area contributed by atoms with Gasteiger partial charge in [-0.25, -0.2) is 0 Å². The van der Waals surface area contributed by atoms with E-state index in [1.165, 1.54) is 19.3 Å². The molecule has 2 heterocycles. The third-order valence-electron chi connectivity index (χ3n) is 4.91. The van der Waals surface area contributed by atoms with Crippen molar-refractivity contribution in [3.05, 3.63) is 0 Å². The van der Waals surface area contributed by atoms with Crippen LogP contribution in [0.25, 0.3) is 0 Å². The Morgan fingerprint density at radius 2 is 2.05 bits per heavy atom. The van der Waals surface area contributed by atoms with Crippen LogP contribution in [0.1, 0.15) is 39.0 Å². The maximum Gasteiger partial charge on any atom is 0.237 e. The van der Waals surface area contributed by atoms with E-state index in [0.29, 0.717) is 6.54 Å². The minimum absolute atomic E-state index is 0. The van der Waals surface area contributed by atoms with Crippen LogP contribution in [-0.2, 0) is 9.53 Å². The number of piperidine rings is 1. The molecule has 0 saturated carbocycles. The van der Waals surface area contributed by atoms with Crippen LogP contribution in [0, 0.1) is 5.92 Å². The number of ether oxygens (including phenoxy) is 1. The van der Waals surface area contributed by atoms with Crippen molar-refractivity contribution in [1.82, 2.24) is 15.5 Å². The first kappa shape index (κ1) is 19.7. The molecular formula is C16H32ClN3O2. The Morgan fingerprint density at radius 1 is 1.32 bits per heavy atom. The minimum Gasteiger partial charge on any atom is -0.376 e. The summed E-state index contributed by atoms with van der Waals surface area (Å²) in [6.45, 7) is 6.73. The van der Waals surface area contributed by atoms with E-state index in [1.807, 2.05) is 14.0 Å². The minimum atomic E-state index is -0.0170. The number of halogens is 1. The van der Waals surface area contributed by atoms with Gasteiger partial charge in [-0.15, -0.1) is 12.4 Å². The van der Waals surface area contributed by atoms with E-state index in [9.17, 15) is 4.79 Å². The molecule has 0 aromatic heterocycles. The highest BCUT2D eigenvalue weighted by Gasteiger charge is 2.27. The quantitative estimate of drug-likeness (QED) is 0.739. The standard InChI is InChI=1S/C16H31N3O2.ClH/c1-13(16(20)18-12-15-4-3-11-21-15)19-9-6-14(7-10-19)5-8-17-2;/h13-15,17H,3-12H2,1-2H3,(H,18,20);1H. The normalized spacial score (nSPS) is 24.7. The molecule has 0 aromatic rings. The van der Waals surface area contributed by atoms with Crippen molar-refractivity contribution in [2.45, 2.75) is 51.2 Å². The number of nitrogens with zero attached hydrogens (tertiary/aromatic N) is 1. The molecular weight excluding hydrogens is 302 g/mol. The Kier molecular flexibility index (Phi) is 9.33. The Labute approximate surface area is 140 Å².